The molecule has 2 aromatic carbocycles. The van der Waals surface area contributed by atoms with Crippen LogP contribution in [-0.2, 0) is 16.0 Å². The molecule has 0 heterocycles. The number of nitrogens with one attached hydrogen (secondary N) is 1. The van der Waals surface area contributed by atoms with Crippen molar-refractivity contribution in [2.45, 2.75) is 77.3 Å². The molecule has 5 nitrogen and oxygen atoms in total. The first-order chi connectivity index (χ1) is 16.0. The molecule has 1 aliphatic rings. The summed E-state index contributed by atoms with van der Waals surface area (Å²) in [5.41, 5.74) is 2.35. The van der Waals surface area contributed by atoms with Gasteiger partial charge in [-0.1, -0.05) is 67.3 Å². The maximum atomic E-state index is 13.1. The first-order valence-corrected chi connectivity index (χ1v) is 12.4. The second-order valence-electron chi connectivity index (χ2n) is 9.11. The summed E-state index contributed by atoms with van der Waals surface area (Å²) in [4.78, 5) is 27.9. The molecule has 1 fully saturated rings. The zero-order valence-electron chi connectivity index (χ0n) is 20.1. The molecule has 3 rings (SSSR count). The molecular weight excluding hydrogens is 412 g/mol. The van der Waals surface area contributed by atoms with Crippen molar-refractivity contribution >= 4 is 11.8 Å². The van der Waals surface area contributed by atoms with Crippen LogP contribution in [0.2, 0.25) is 0 Å². The van der Waals surface area contributed by atoms with Crippen LogP contribution < -0.4 is 10.1 Å². The van der Waals surface area contributed by atoms with Crippen molar-refractivity contribution in [2.75, 3.05) is 13.2 Å². The quantitative estimate of drug-likeness (QED) is 0.487. The first-order valence-electron chi connectivity index (χ1n) is 12.4. The molecule has 0 bridgehead atoms. The smallest absolute Gasteiger partial charge is 0.242 e. The predicted molar refractivity (Wildman–Crippen MR) is 132 cm³/mol. The zero-order chi connectivity index (χ0) is 23.5. The number of carbonyl (C=O) groups is 2. The summed E-state index contributed by atoms with van der Waals surface area (Å²) in [6, 6.07) is 17.8. The first kappa shape index (κ1) is 24.8. The van der Waals surface area contributed by atoms with Crippen molar-refractivity contribution in [1.82, 2.24) is 10.2 Å². The van der Waals surface area contributed by atoms with Gasteiger partial charge in [0.25, 0.3) is 0 Å². The van der Waals surface area contributed by atoms with Crippen molar-refractivity contribution in [3.05, 3.63) is 65.7 Å². The van der Waals surface area contributed by atoms with Gasteiger partial charge in [0.15, 0.2) is 0 Å². The minimum absolute atomic E-state index is 0.00438. The van der Waals surface area contributed by atoms with Crippen LogP contribution in [0.4, 0.5) is 0 Å². The third kappa shape index (κ3) is 8.23. The topological polar surface area (TPSA) is 58.6 Å². The van der Waals surface area contributed by atoms with E-state index in [-0.39, 0.29) is 17.9 Å². The maximum absolute atomic E-state index is 13.1. The summed E-state index contributed by atoms with van der Waals surface area (Å²) >= 11 is 0. The molecule has 1 aliphatic carbocycles. The van der Waals surface area contributed by atoms with E-state index in [0.717, 1.165) is 43.4 Å². The molecule has 5 heteroatoms. The number of carbonyl (C=O) groups excluding carboxylic acids is 2. The average Bonchev–Trinajstić information content (AvgIpc) is 2.84. The van der Waals surface area contributed by atoms with Gasteiger partial charge < -0.3 is 15.0 Å². The lowest BCUT2D eigenvalue weighted by molar-refractivity contribution is -0.140. The maximum Gasteiger partial charge on any atom is 0.242 e. The number of hydrogen-bond donors (Lipinski definition) is 1. The molecule has 1 saturated carbocycles. The van der Waals surface area contributed by atoms with Gasteiger partial charge in [-0.2, -0.15) is 0 Å². The normalized spacial score (nSPS) is 15.0. The van der Waals surface area contributed by atoms with Crippen LogP contribution in [0.1, 0.15) is 63.0 Å². The fourth-order valence-corrected chi connectivity index (χ4v) is 4.33. The number of rotatable bonds is 11. The molecule has 1 atom stereocenters. The molecule has 0 aromatic heterocycles. The predicted octanol–water partition coefficient (Wildman–Crippen LogP) is 5.06. The van der Waals surface area contributed by atoms with Gasteiger partial charge in [-0.3, -0.25) is 9.59 Å². The molecule has 2 amide bonds. The van der Waals surface area contributed by atoms with Crippen LogP contribution in [0.3, 0.4) is 0 Å². The summed E-state index contributed by atoms with van der Waals surface area (Å²) in [6.45, 7) is 4.90. The number of amides is 2. The lowest BCUT2D eigenvalue weighted by atomic mass is 9.95. The third-order valence-corrected chi connectivity index (χ3v) is 6.43. The van der Waals surface area contributed by atoms with E-state index in [4.69, 9.17) is 4.74 Å². The molecule has 0 aliphatic heterocycles. The van der Waals surface area contributed by atoms with Crippen LogP contribution >= 0.6 is 0 Å². The fourth-order valence-electron chi connectivity index (χ4n) is 4.33. The van der Waals surface area contributed by atoms with Gasteiger partial charge in [-0.05, 0) is 57.2 Å². The summed E-state index contributed by atoms with van der Waals surface area (Å²) in [6.07, 6.45) is 7.35. The number of nitrogens with zero attached hydrogens (tertiary/aromatic N) is 1. The van der Waals surface area contributed by atoms with Gasteiger partial charge in [-0.25, -0.2) is 0 Å². The molecule has 2 aromatic rings. The molecule has 1 N–H and O–H groups in total. The largest absolute Gasteiger partial charge is 0.494 e. The van der Waals surface area contributed by atoms with Crippen molar-refractivity contribution in [1.29, 1.82) is 0 Å². The summed E-state index contributed by atoms with van der Waals surface area (Å²) in [5, 5.41) is 3.19. The van der Waals surface area contributed by atoms with Gasteiger partial charge in [-0.15, -0.1) is 0 Å². The Morgan fingerprint density at radius 1 is 1.03 bits per heavy atom. The molecule has 178 valence electrons. The van der Waals surface area contributed by atoms with E-state index in [1.54, 1.807) is 4.90 Å². The molecule has 0 saturated heterocycles. The van der Waals surface area contributed by atoms with Crippen LogP contribution in [0.5, 0.6) is 5.75 Å². The van der Waals surface area contributed by atoms with E-state index in [1.165, 1.54) is 12.0 Å². The Balaban J connectivity index is 1.55. The van der Waals surface area contributed by atoms with Gasteiger partial charge >= 0.3 is 0 Å². The standard InChI is InChI=1S/C28H38N2O3/c1-22-15-17-26(18-16-22)33-21-9-14-27(31)30(20-19-24-10-5-3-6-11-24)23(2)28(32)29-25-12-7-4-8-13-25/h3,5-6,10-11,15-18,23,25H,4,7-9,12-14,19-21H2,1-2H3,(H,29,32)/t23-/m1/s1. The van der Waals surface area contributed by atoms with Crippen LogP contribution in [0.25, 0.3) is 0 Å². The SMILES string of the molecule is Cc1ccc(OCCCC(=O)N(CCc2ccccc2)[C@H](C)C(=O)NC2CCCCC2)cc1. The van der Waals surface area contributed by atoms with E-state index < -0.39 is 6.04 Å². The number of aryl methyl sites for hydroxylation is 1. The highest BCUT2D eigenvalue weighted by Gasteiger charge is 2.27. The number of ether oxygens (including phenoxy) is 1. The molecule has 0 unspecified atom stereocenters. The van der Waals surface area contributed by atoms with E-state index in [9.17, 15) is 9.59 Å². The molecular formula is C28H38N2O3. The average molecular weight is 451 g/mol. The Kier molecular flexibility index (Phi) is 9.79. The fraction of sp³-hybridized carbons (Fsp3) is 0.500. The molecule has 33 heavy (non-hydrogen) atoms. The van der Waals surface area contributed by atoms with Crippen LogP contribution in [-0.4, -0.2) is 41.9 Å². The summed E-state index contributed by atoms with van der Waals surface area (Å²) in [5.74, 6) is 0.776. The highest BCUT2D eigenvalue weighted by Crippen LogP contribution is 2.18. The second-order valence-corrected chi connectivity index (χ2v) is 9.11. The summed E-state index contributed by atoms with van der Waals surface area (Å²) < 4.78 is 5.78. The van der Waals surface area contributed by atoms with Crippen molar-refractivity contribution in [3.8, 4) is 5.75 Å². The van der Waals surface area contributed by atoms with E-state index in [0.29, 0.717) is 26.0 Å². The van der Waals surface area contributed by atoms with E-state index in [2.05, 4.69) is 17.4 Å². The van der Waals surface area contributed by atoms with Crippen LogP contribution in [0, 0.1) is 6.92 Å². The van der Waals surface area contributed by atoms with Gasteiger partial charge in [0.2, 0.25) is 11.8 Å². The zero-order valence-corrected chi connectivity index (χ0v) is 20.1. The van der Waals surface area contributed by atoms with E-state index >= 15 is 0 Å². The highest BCUT2D eigenvalue weighted by molar-refractivity contribution is 5.87. The molecule has 0 radical (unpaired) electrons. The van der Waals surface area contributed by atoms with Crippen molar-refractivity contribution in [2.24, 2.45) is 0 Å². The van der Waals surface area contributed by atoms with E-state index in [1.807, 2.05) is 56.3 Å². The minimum Gasteiger partial charge on any atom is -0.494 e. The third-order valence-electron chi connectivity index (χ3n) is 6.43. The second kappa shape index (κ2) is 13.0. The number of hydrogen-bond acceptors (Lipinski definition) is 3. The Labute approximate surface area is 198 Å². The molecule has 0 spiro atoms. The van der Waals surface area contributed by atoms with Gasteiger partial charge in [0.05, 0.1) is 6.61 Å². The van der Waals surface area contributed by atoms with Crippen molar-refractivity contribution < 1.29 is 14.3 Å². The Morgan fingerprint density at radius 2 is 1.73 bits per heavy atom. The summed E-state index contributed by atoms with van der Waals surface area (Å²) in [7, 11) is 0. The highest BCUT2D eigenvalue weighted by atomic mass is 16.5. The monoisotopic (exact) mass is 450 g/mol. The van der Waals surface area contributed by atoms with Crippen LogP contribution in [0.15, 0.2) is 54.6 Å². The lowest BCUT2D eigenvalue weighted by Gasteiger charge is -2.31. The minimum atomic E-state index is -0.485. The lowest BCUT2D eigenvalue weighted by Crippen LogP contribution is -2.51. The Bertz CT molecular complexity index is 860. The Hall–Kier alpha value is -2.82. The number of benzene rings is 2. The van der Waals surface area contributed by atoms with Gasteiger partial charge in [0.1, 0.15) is 11.8 Å². The Morgan fingerprint density at radius 3 is 2.42 bits per heavy atom. The van der Waals surface area contributed by atoms with Crippen molar-refractivity contribution in [3.63, 3.8) is 0 Å². The van der Waals surface area contributed by atoms with Gasteiger partial charge in [0, 0.05) is 19.0 Å².